The summed E-state index contributed by atoms with van der Waals surface area (Å²) in [7, 11) is 1.09. The first-order chi connectivity index (χ1) is 7.92. The second-order valence-corrected chi connectivity index (χ2v) is 8.29. The Morgan fingerprint density at radius 1 is 0.944 bits per heavy atom. The predicted molar refractivity (Wildman–Crippen MR) is 71.0 cm³/mol. The van der Waals surface area contributed by atoms with Crippen LogP contribution in [-0.4, -0.2) is 20.6 Å². The van der Waals surface area contributed by atoms with Gasteiger partial charge in [0.05, 0.1) is 23.9 Å². The Hall–Kier alpha value is 0.460. The minimum absolute atomic E-state index is 0.0646. The molecule has 0 aliphatic heterocycles. The van der Waals surface area contributed by atoms with Gasteiger partial charge in [0.2, 0.25) is 0 Å². The average Bonchev–Trinajstić information content (AvgIpc) is 2.31. The van der Waals surface area contributed by atoms with Crippen molar-refractivity contribution < 1.29 is 8.78 Å². The van der Waals surface area contributed by atoms with Gasteiger partial charge in [0.15, 0.2) is 0 Å². The number of hydrogen-bond donors (Lipinski definition) is 0. The molecule has 1 aromatic heterocycles. The molecule has 0 radical (unpaired) electrons. The lowest BCUT2D eigenvalue weighted by Gasteiger charge is -2.13. The van der Waals surface area contributed by atoms with E-state index in [0.29, 0.717) is 12.7 Å². The maximum atomic E-state index is 13.0. The van der Waals surface area contributed by atoms with Gasteiger partial charge in [-0.3, -0.25) is 0 Å². The van der Waals surface area contributed by atoms with Gasteiger partial charge in [-0.25, -0.2) is 14.2 Å². The number of hydrogen-bond acceptors (Lipinski definition) is 4. The molecule has 104 valence electrons. The zero-order valence-corrected chi connectivity index (χ0v) is 12.9. The highest BCUT2D eigenvalue weighted by Gasteiger charge is 2.33. The number of nitrogens with zero attached hydrogens (tertiary/aromatic N) is 3. The molecule has 0 atom stereocenters. The van der Waals surface area contributed by atoms with Crippen LogP contribution in [0.5, 0.6) is 0 Å². The first-order valence-electron chi connectivity index (χ1n) is 3.86. The van der Waals surface area contributed by atoms with Crippen molar-refractivity contribution >= 4 is 70.3 Å². The van der Waals surface area contributed by atoms with Gasteiger partial charge in [0.1, 0.15) is 0 Å². The van der Waals surface area contributed by atoms with Gasteiger partial charge in [0, 0.05) is 7.05 Å². The summed E-state index contributed by atoms with van der Waals surface area (Å²) in [6.07, 6.45) is 0. The third kappa shape index (κ3) is 4.24. The highest BCUT2D eigenvalue weighted by molar-refractivity contribution is 8.04. The van der Waals surface area contributed by atoms with Gasteiger partial charge in [0.25, 0.3) is 0 Å². The topological polar surface area (TPSA) is 48.9 Å². The summed E-state index contributed by atoms with van der Waals surface area (Å²) in [5.74, 6) is 0. The van der Waals surface area contributed by atoms with Crippen LogP contribution in [0.3, 0.4) is 0 Å². The minimum Gasteiger partial charge on any atom is -0.245 e. The molecule has 0 N–H and O–H groups in total. The van der Waals surface area contributed by atoms with Crippen LogP contribution in [0.15, 0.2) is 9.59 Å². The SMILES string of the molecule is Cn1c(=O)n(SC(F)(Cl)Cl)n(SC(F)(Cl)Cl)c1=O. The van der Waals surface area contributed by atoms with Crippen LogP contribution in [-0.2, 0) is 7.05 Å². The maximum absolute atomic E-state index is 13.0. The molecule has 0 amide bonds. The third-order valence-corrected chi connectivity index (χ3v) is 3.78. The fourth-order valence-electron chi connectivity index (χ4n) is 0.842. The molecule has 0 spiro atoms. The van der Waals surface area contributed by atoms with Crippen molar-refractivity contribution in [2.45, 2.75) is 7.84 Å². The normalized spacial score (nSPS) is 13.1. The number of halogens is 6. The smallest absolute Gasteiger partial charge is 0.245 e. The van der Waals surface area contributed by atoms with E-state index in [9.17, 15) is 18.4 Å². The molecule has 0 bridgehead atoms. The summed E-state index contributed by atoms with van der Waals surface area (Å²) in [5, 5.41) is 0. The third-order valence-electron chi connectivity index (χ3n) is 1.45. The Bertz CT molecular complexity index is 510. The molecule has 0 unspecified atom stereocenters. The molecule has 5 nitrogen and oxygen atoms in total. The van der Waals surface area contributed by atoms with E-state index in [2.05, 4.69) is 0 Å². The van der Waals surface area contributed by atoms with Crippen LogP contribution < -0.4 is 11.4 Å². The van der Waals surface area contributed by atoms with Crippen LogP contribution in [0, 0.1) is 0 Å². The van der Waals surface area contributed by atoms with E-state index in [1.807, 2.05) is 0 Å². The molecule has 18 heavy (non-hydrogen) atoms. The molecule has 1 rings (SSSR count). The molecule has 0 saturated carbocycles. The van der Waals surface area contributed by atoms with E-state index in [0.717, 1.165) is 7.05 Å². The first kappa shape index (κ1) is 16.5. The summed E-state index contributed by atoms with van der Waals surface area (Å²) in [6.45, 7) is 0. The van der Waals surface area contributed by atoms with Crippen LogP contribution in [0.4, 0.5) is 8.78 Å². The molecule has 0 saturated heterocycles. The van der Waals surface area contributed by atoms with E-state index in [1.165, 1.54) is 0 Å². The van der Waals surface area contributed by atoms with Gasteiger partial charge in [-0.2, -0.15) is 17.0 Å². The summed E-state index contributed by atoms with van der Waals surface area (Å²) in [6, 6.07) is 0. The molecule has 0 aliphatic carbocycles. The van der Waals surface area contributed by atoms with Gasteiger partial charge in [-0.05, 0) is 0 Å². The molecule has 0 aromatic carbocycles. The highest BCUT2D eigenvalue weighted by Crippen LogP contribution is 2.39. The number of alkyl halides is 6. The zero-order chi connectivity index (χ0) is 14.3. The summed E-state index contributed by atoms with van der Waals surface area (Å²) in [5.41, 5.74) is -1.98. The van der Waals surface area contributed by atoms with E-state index >= 15 is 0 Å². The molecule has 1 heterocycles. The monoisotopic (exact) mass is 379 g/mol. The van der Waals surface area contributed by atoms with E-state index in [-0.39, 0.29) is 23.9 Å². The fraction of sp³-hybridized carbons (Fsp3) is 0.600. The molecule has 13 heteroatoms. The standard InChI is InChI=1S/C5H3Cl4F2N3O2S2/c1-12-2(15)13(17-4(6,7)10)14(3(12)16)18-5(8,9)11/h1H3. The van der Waals surface area contributed by atoms with Crippen LogP contribution in [0.1, 0.15) is 0 Å². The zero-order valence-electron chi connectivity index (χ0n) is 8.24. The number of aromatic nitrogens is 3. The van der Waals surface area contributed by atoms with Gasteiger partial charge < -0.3 is 0 Å². The lowest BCUT2D eigenvalue weighted by atomic mass is 11.0. The second-order valence-electron chi connectivity index (χ2n) is 2.74. The highest BCUT2D eigenvalue weighted by atomic mass is 35.5. The van der Waals surface area contributed by atoms with E-state index < -0.39 is 19.2 Å². The second kappa shape index (κ2) is 5.45. The van der Waals surface area contributed by atoms with Crippen LogP contribution in [0.25, 0.3) is 0 Å². The van der Waals surface area contributed by atoms with Crippen LogP contribution >= 0.6 is 70.3 Å². The number of rotatable bonds is 4. The van der Waals surface area contributed by atoms with Gasteiger partial charge in [-0.15, -0.1) is 0 Å². The van der Waals surface area contributed by atoms with Crippen molar-refractivity contribution in [3.05, 3.63) is 21.0 Å². The average molecular weight is 381 g/mol. The van der Waals surface area contributed by atoms with Gasteiger partial charge in [-0.1, -0.05) is 46.4 Å². The van der Waals surface area contributed by atoms with Crippen LogP contribution in [0.2, 0.25) is 0 Å². The first-order valence-corrected chi connectivity index (χ1v) is 6.92. The van der Waals surface area contributed by atoms with E-state index in [1.54, 1.807) is 0 Å². The van der Waals surface area contributed by atoms with Crippen molar-refractivity contribution in [2.75, 3.05) is 0 Å². The quantitative estimate of drug-likeness (QED) is 0.753. The van der Waals surface area contributed by atoms with Gasteiger partial charge >= 0.3 is 19.2 Å². The van der Waals surface area contributed by atoms with Crippen molar-refractivity contribution in [3.8, 4) is 0 Å². The Morgan fingerprint density at radius 2 is 1.22 bits per heavy atom. The fourth-order valence-corrected chi connectivity index (χ4v) is 2.91. The van der Waals surface area contributed by atoms with E-state index in [4.69, 9.17) is 46.4 Å². The largest absolute Gasteiger partial charge is 0.358 e. The maximum Gasteiger partial charge on any atom is 0.358 e. The molecular weight excluding hydrogens is 378 g/mol. The summed E-state index contributed by atoms with van der Waals surface area (Å²) >= 11 is 20.1. The van der Waals surface area contributed by atoms with Crippen molar-refractivity contribution in [1.29, 1.82) is 0 Å². The Labute approximate surface area is 127 Å². The van der Waals surface area contributed by atoms with Crippen molar-refractivity contribution in [3.63, 3.8) is 0 Å². The summed E-state index contributed by atoms with van der Waals surface area (Å²) in [4.78, 5) is 23.1. The minimum atomic E-state index is -2.91. The summed E-state index contributed by atoms with van der Waals surface area (Å²) < 4.78 is 21.6. The Balaban J connectivity index is 3.36. The van der Waals surface area contributed by atoms with Crippen molar-refractivity contribution in [2.24, 2.45) is 7.05 Å². The van der Waals surface area contributed by atoms with Crippen molar-refractivity contribution in [1.82, 2.24) is 12.7 Å². The molecular formula is C5H3Cl4F2N3O2S2. The molecule has 0 fully saturated rings. The predicted octanol–water partition coefficient (Wildman–Crippen LogP) is 2.46. The Kier molecular flexibility index (Phi) is 5.00. The Morgan fingerprint density at radius 3 is 1.44 bits per heavy atom. The lowest BCUT2D eigenvalue weighted by Crippen LogP contribution is -2.25. The molecule has 0 aliphatic rings. The lowest BCUT2D eigenvalue weighted by molar-refractivity contribution is 0.508. The molecule has 1 aromatic rings.